The van der Waals surface area contributed by atoms with Gasteiger partial charge < -0.3 is 9.73 Å². The number of aromatic nitrogens is 1. The van der Waals surface area contributed by atoms with E-state index in [-0.39, 0.29) is 5.69 Å². The van der Waals surface area contributed by atoms with E-state index in [0.717, 1.165) is 5.56 Å². The first-order valence-electron chi connectivity index (χ1n) is 5.43. The van der Waals surface area contributed by atoms with Crippen LogP contribution >= 0.6 is 11.3 Å². The molecular weight excluding hydrogens is 270 g/mol. The Balaban J connectivity index is 1.88. The summed E-state index contributed by atoms with van der Waals surface area (Å²) in [6.07, 6.45) is 3.10. The van der Waals surface area contributed by atoms with Crippen LogP contribution in [0.15, 0.2) is 46.6 Å². The molecule has 1 aromatic carbocycles. The van der Waals surface area contributed by atoms with Crippen LogP contribution in [0.1, 0.15) is 0 Å². The molecule has 2 heterocycles. The van der Waals surface area contributed by atoms with Gasteiger partial charge in [0.05, 0.1) is 18.2 Å². The van der Waals surface area contributed by atoms with E-state index in [0.29, 0.717) is 10.8 Å². The number of furan rings is 1. The number of para-hydroxylation sites is 1. The van der Waals surface area contributed by atoms with Gasteiger partial charge >= 0.3 is 0 Å². The van der Waals surface area contributed by atoms with Gasteiger partial charge in [-0.2, -0.15) is 0 Å². The zero-order chi connectivity index (χ0) is 13.2. The summed E-state index contributed by atoms with van der Waals surface area (Å²) in [5.74, 6) is -1.31. The van der Waals surface area contributed by atoms with Gasteiger partial charge in [-0.3, -0.25) is 0 Å². The Labute approximate surface area is 111 Å². The summed E-state index contributed by atoms with van der Waals surface area (Å²) in [7, 11) is 0. The molecule has 0 saturated heterocycles. The summed E-state index contributed by atoms with van der Waals surface area (Å²) in [4.78, 5) is 4.24. The number of hydrogen-bond donors (Lipinski definition) is 1. The predicted molar refractivity (Wildman–Crippen MR) is 69.5 cm³/mol. The normalized spacial score (nSPS) is 10.6. The number of halogens is 2. The smallest absolute Gasteiger partial charge is 0.187 e. The van der Waals surface area contributed by atoms with Gasteiger partial charge in [0.25, 0.3) is 0 Å². The third kappa shape index (κ3) is 2.34. The van der Waals surface area contributed by atoms with Crippen molar-refractivity contribution >= 4 is 22.2 Å². The highest BCUT2D eigenvalue weighted by molar-refractivity contribution is 7.14. The van der Waals surface area contributed by atoms with Crippen molar-refractivity contribution in [3.8, 4) is 11.3 Å². The zero-order valence-corrected chi connectivity index (χ0v) is 10.4. The average Bonchev–Trinajstić information content (AvgIpc) is 3.04. The van der Waals surface area contributed by atoms with E-state index in [1.807, 2.05) is 0 Å². The monoisotopic (exact) mass is 278 g/mol. The molecule has 0 aliphatic heterocycles. The van der Waals surface area contributed by atoms with E-state index in [4.69, 9.17) is 4.42 Å². The Bertz CT molecular complexity index is 674. The molecule has 0 bridgehead atoms. The molecular formula is C13H8F2N2OS. The fourth-order valence-electron chi connectivity index (χ4n) is 1.60. The average molecular weight is 278 g/mol. The minimum absolute atomic E-state index is 0.199. The van der Waals surface area contributed by atoms with Crippen LogP contribution in [0.3, 0.4) is 0 Å². The first-order valence-corrected chi connectivity index (χ1v) is 6.31. The lowest BCUT2D eigenvalue weighted by Gasteiger charge is -2.04. The lowest BCUT2D eigenvalue weighted by atomic mass is 10.3. The fourth-order valence-corrected chi connectivity index (χ4v) is 2.32. The molecule has 0 aliphatic rings. The molecule has 19 heavy (non-hydrogen) atoms. The molecule has 3 nitrogen and oxygen atoms in total. The van der Waals surface area contributed by atoms with Crippen LogP contribution in [0.2, 0.25) is 0 Å². The highest BCUT2D eigenvalue weighted by Gasteiger charge is 2.11. The van der Waals surface area contributed by atoms with Gasteiger partial charge in [0.2, 0.25) is 0 Å². The number of nitrogens with one attached hydrogen (secondary N) is 1. The van der Waals surface area contributed by atoms with Crippen molar-refractivity contribution in [3.05, 3.63) is 53.8 Å². The number of anilines is 2. The minimum Gasteiger partial charge on any atom is -0.472 e. The van der Waals surface area contributed by atoms with Gasteiger partial charge in [-0.25, -0.2) is 13.8 Å². The van der Waals surface area contributed by atoms with E-state index >= 15 is 0 Å². The summed E-state index contributed by atoms with van der Waals surface area (Å²) in [5.41, 5.74) is 1.31. The first kappa shape index (κ1) is 11.9. The predicted octanol–water partition coefficient (Wildman–Crippen LogP) is 4.42. The third-order valence-electron chi connectivity index (χ3n) is 2.52. The third-order valence-corrected chi connectivity index (χ3v) is 3.27. The van der Waals surface area contributed by atoms with Gasteiger partial charge in [0.15, 0.2) is 5.13 Å². The van der Waals surface area contributed by atoms with Crippen LogP contribution in [0, 0.1) is 11.6 Å². The molecule has 3 rings (SSSR count). The lowest BCUT2D eigenvalue weighted by Crippen LogP contribution is -1.96. The maximum atomic E-state index is 13.5. The van der Waals surface area contributed by atoms with E-state index < -0.39 is 11.6 Å². The Morgan fingerprint density at radius 1 is 1.16 bits per heavy atom. The van der Waals surface area contributed by atoms with Crippen LogP contribution in [-0.2, 0) is 0 Å². The summed E-state index contributed by atoms with van der Waals surface area (Å²) in [5, 5.41) is 4.85. The SMILES string of the molecule is Fc1cccc(F)c1Nc1nc(-c2ccoc2)cs1. The van der Waals surface area contributed by atoms with Crippen molar-refractivity contribution in [3.63, 3.8) is 0 Å². The van der Waals surface area contributed by atoms with Crippen LogP contribution in [0.5, 0.6) is 0 Å². The highest BCUT2D eigenvalue weighted by Crippen LogP contribution is 2.29. The number of rotatable bonds is 3. The summed E-state index contributed by atoms with van der Waals surface area (Å²) in [6.45, 7) is 0. The Morgan fingerprint density at radius 2 is 1.95 bits per heavy atom. The number of benzene rings is 1. The molecule has 96 valence electrons. The van der Waals surface area contributed by atoms with Crippen molar-refractivity contribution in [2.75, 3.05) is 5.32 Å². The zero-order valence-electron chi connectivity index (χ0n) is 9.56. The van der Waals surface area contributed by atoms with Crippen LogP contribution < -0.4 is 5.32 Å². The summed E-state index contributed by atoms with van der Waals surface area (Å²) in [6, 6.07) is 5.46. The van der Waals surface area contributed by atoms with Crippen LogP contribution in [0.4, 0.5) is 19.6 Å². The van der Waals surface area contributed by atoms with E-state index in [9.17, 15) is 8.78 Å². The standard InChI is InChI=1S/C13H8F2N2OS/c14-9-2-1-3-10(15)12(9)17-13-16-11(7-19-13)8-4-5-18-6-8/h1-7H,(H,16,17). The summed E-state index contributed by atoms with van der Waals surface area (Å²) < 4.78 is 31.9. The molecule has 0 atom stereocenters. The van der Waals surface area contributed by atoms with Crippen molar-refractivity contribution in [2.24, 2.45) is 0 Å². The second-order valence-electron chi connectivity index (χ2n) is 3.77. The molecule has 0 aliphatic carbocycles. The topological polar surface area (TPSA) is 38.1 Å². The number of thiazole rings is 1. The minimum atomic E-state index is -0.653. The van der Waals surface area contributed by atoms with E-state index in [1.54, 1.807) is 17.7 Å². The Kier molecular flexibility index (Phi) is 3.00. The van der Waals surface area contributed by atoms with Crippen molar-refractivity contribution in [2.45, 2.75) is 0 Å². The van der Waals surface area contributed by atoms with Crippen molar-refractivity contribution < 1.29 is 13.2 Å². The maximum Gasteiger partial charge on any atom is 0.187 e. The quantitative estimate of drug-likeness (QED) is 0.770. The summed E-state index contributed by atoms with van der Waals surface area (Å²) >= 11 is 1.26. The lowest BCUT2D eigenvalue weighted by molar-refractivity contribution is 0.568. The van der Waals surface area contributed by atoms with Crippen molar-refractivity contribution in [1.29, 1.82) is 0 Å². The second-order valence-corrected chi connectivity index (χ2v) is 4.63. The molecule has 0 radical (unpaired) electrons. The first-order chi connectivity index (χ1) is 9.24. The number of hydrogen-bond acceptors (Lipinski definition) is 4. The molecule has 3 aromatic rings. The molecule has 1 N–H and O–H groups in total. The molecule has 0 spiro atoms. The largest absolute Gasteiger partial charge is 0.472 e. The van der Waals surface area contributed by atoms with E-state index in [1.165, 1.54) is 35.8 Å². The van der Waals surface area contributed by atoms with Crippen LogP contribution in [-0.4, -0.2) is 4.98 Å². The highest BCUT2D eigenvalue weighted by atomic mass is 32.1. The molecule has 0 unspecified atom stereocenters. The fraction of sp³-hybridized carbons (Fsp3) is 0. The van der Waals surface area contributed by atoms with Crippen molar-refractivity contribution in [1.82, 2.24) is 4.98 Å². The van der Waals surface area contributed by atoms with Gasteiger partial charge in [0.1, 0.15) is 17.3 Å². The maximum absolute atomic E-state index is 13.5. The molecule has 0 amide bonds. The Morgan fingerprint density at radius 3 is 2.63 bits per heavy atom. The molecule has 6 heteroatoms. The second kappa shape index (κ2) is 4.81. The van der Waals surface area contributed by atoms with Crippen LogP contribution in [0.25, 0.3) is 11.3 Å². The van der Waals surface area contributed by atoms with Gasteiger partial charge in [-0.15, -0.1) is 11.3 Å². The van der Waals surface area contributed by atoms with Gasteiger partial charge in [-0.05, 0) is 18.2 Å². The molecule has 0 saturated carbocycles. The number of nitrogens with zero attached hydrogens (tertiary/aromatic N) is 1. The van der Waals surface area contributed by atoms with Gasteiger partial charge in [0, 0.05) is 10.9 Å². The molecule has 0 fully saturated rings. The Hall–Kier alpha value is -2.21. The van der Waals surface area contributed by atoms with Gasteiger partial charge in [-0.1, -0.05) is 6.07 Å². The molecule has 2 aromatic heterocycles. The van der Waals surface area contributed by atoms with E-state index in [2.05, 4.69) is 10.3 Å².